The van der Waals surface area contributed by atoms with Crippen LogP contribution in [0.3, 0.4) is 0 Å². The van der Waals surface area contributed by atoms with Crippen LogP contribution in [-0.2, 0) is 4.79 Å². The molecule has 1 aliphatic heterocycles. The van der Waals surface area contributed by atoms with Gasteiger partial charge in [0.2, 0.25) is 0 Å². The average Bonchev–Trinajstić information content (AvgIpc) is 2.81. The number of likely N-dealkylation sites (tertiary alicyclic amines) is 1. The van der Waals surface area contributed by atoms with E-state index in [1.165, 1.54) is 24.3 Å². The molecular weight excluding hydrogens is 437 g/mol. The fourth-order valence-electron chi connectivity index (χ4n) is 3.59. The molecule has 0 aliphatic carbocycles. The predicted octanol–water partition coefficient (Wildman–Crippen LogP) is 2.67. The average molecular weight is 462 g/mol. The van der Waals surface area contributed by atoms with Gasteiger partial charge in [0.25, 0.3) is 11.8 Å². The molecule has 0 atom stereocenters. The molecule has 0 saturated carbocycles. The van der Waals surface area contributed by atoms with Crippen LogP contribution < -0.4 is 15.8 Å². The molecule has 3 rings (SSSR count). The van der Waals surface area contributed by atoms with Crippen LogP contribution in [0.5, 0.6) is 5.75 Å². The van der Waals surface area contributed by atoms with Crippen molar-refractivity contribution in [2.45, 2.75) is 12.8 Å². The van der Waals surface area contributed by atoms with Crippen LogP contribution in [0, 0.1) is 11.7 Å². The van der Waals surface area contributed by atoms with E-state index in [0.717, 1.165) is 0 Å². The van der Waals surface area contributed by atoms with Gasteiger partial charge in [0.15, 0.2) is 12.4 Å². The molecule has 7 nitrogen and oxygen atoms in total. The van der Waals surface area contributed by atoms with Gasteiger partial charge in [0, 0.05) is 37.1 Å². The van der Waals surface area contributed by atoms with Gasteiger partial charge in [0.1, 0.15) is 11.6 Å². The van der Waals surface area contributed by atoms with Crippen molar-refractivity contribution < 1.29 is 23.5 Å². The molecule has 0 unspecified atom stereocenters. The largest absolute Gasteiger partial charge is 0.483 e. The van der Waals surface area contributed by atoms with E-state index >= 15 is 0 Å². The molecule has 1 saturated heterocycles. The highest BCUT2D eigenvalue weighted by atomic mass is 35.5. The van der Waals surface area contributed by atoms with Crippen LogP contribution in [0.4, 0.5) is 4.39 Å². The minimum Gasteiger partial charge on any atom is -0.483 e. The Kier molecular flexibility index (Phi) is 8.19. The van der Waals surface area contributed by atoms with E-state index in [9.17, 15) is 18.8 Å². The Bertz CT molecular complexity index is 993. The molecule has 0 spiro atoms. The van der Waals surface area contributed by atoms with Crippen LogP contribution in [-0.4, -0.2) is 55.3 Å². The molecule has 0 bridgehead atoms. The maximum absolute atomic E-state index is 13.9. The first-order chi connectivity index (χ1) is 15.4. The fraction of sp³-hybridized carbons (Fsp3) is 0.348. The SMILES string of the molecule is NCCNC(=O)c1cc(Cl)ccc1OCC(=O)N1CCC(C(=O)c2ccccc2F)CC1. The predicted molar refractivity (Wildman–Crippen MR) is 118 cm³/mol. The highest BCUT2D eigenvalue weighted by Crippen LogP contribution is 2.25. The zero-order valence-corrected chi connectivity index (χ0v) is 18.2. The summed E-state index contributed by atoms with van der Waals surface area (Å²) in [6.07, 6.45) is 0.902. The number of nitrogens with two attached hydrogens (primary N) is 1. The van der Waals surface area contributed by atoms with Crippen molar-refractivity contribution in [3.63, 3.8) is 0 Å². The lowest BCUT2D eigenvalue weighted by Crippen LogP contribution is -2.42. The second-order valence-electron chi connectivity index (χ2n) is 7.47. The van der Waals surface area contributed by atoms with Gasteiger partial charge in [-0.15, -0.1) is 0 Å². The lowest BCUT2D eigenvalue weighted by atomic mass is 9.88. The number of hydrogen-bond acceptors (Lipinski definition) is 5. The van der Waals surface area contributed by atoms with E-state index < -0.39 is 11.7 Å². The van der Waals surface area contributed by atoms with Crippen molar-refractivity contribution in [3.8, 4) is 5.75 Å². The van der Waals surface area contributed by atoms with Crippen LogP contribution in [0.15, 0.2) is 42.5 Å². The topological polar surface area (TPSA) is 102 Å². The molecule has 9 heteroatoms. The van der Waals surface area contributed by atoms with Gasteiger partial charge in [-0.3, -0.25) is 14.4 Å². The van der Waals surface area contributed by atoms with Crippen molar-refractivity contribution in [1.29, 1.82) is 0 Å². The van der Waals surface area contributed by atoms with E-state index in [0.29, 0.717) is 37.5 Å². The molecule has 0 aromatic heterocycles. The Balaban J connectivity index is 1.55. The van der Waals surface area contributed by atoms with E-state index in [1.807, 2.05) is 0 Å². The third-order valence-electron chi connectivity index (χ3n) is 5.33. The maximum Gasteiger partial charge on any atom is 0.260 e. The molecule has 1 aliphatic rings. The lowest BCUT2D eigenvalue weighted by Gasteiger charge is -2.31. The molecule has 0 radical (unpaired) electrons. The minimum absolute atomic E-state index is 0.0868. The van der Waals surface area contributed by atoms with Gasteiger partial charge in [0.05, 0.1) is 11.1 Å². The zero-order valence-electron chi connectivity index (χ0n) is 17.5. The summed E-state index contributed by atoms with van der Waals surface area (Å²) in [5.41, 5.74) is 5.71. The summed E-state index contributed by atoms with van der Waals surface area (Å²) in [7, 11) is 0. The zero-order chi connectivity index (χ0) is 23.1. The monoisotopic (exact) mass is 461 g/mol. The molecule has 32 heavy (non-hydrogen) atoms. The fourth-order valence-corrected chi connectivity index (χ4v) is 3.76. The first-order valence-electron chi connectivity index (χ1n) is 10.4. The van der Waals surface area contributed by atoms with Crippen LogP contribution >= 0.6 is 11.6 Å². The number of nitrogens with one attached hydrogen (secondary N) is 1. The number of benzene rings is 2. The second-order valence-corrected chi connectivity index (χ2v) is 7.91. The number of piperidine rings is 1. The van der Waals surface area contributed by atoms with E-state index in [4.69, 9.17) is 22.1 Å². The summed E-state index contributed by atoms with van der Waals surface area (Å²) in [5, 5.41) is 3.01. The Morgan fingerprint density at radius 2 is 1.84 bits per heavy atom. The Hall–Kier alpha value is -2.97. The van der Waals surface area contributed by atoms with Crippen molar-refractivity contribution >= 4 is 29.2 Å². The van der Waals surface area contributed by atoms with E-state index in [1.54, 1.807) is 23.1 Å². The first kappa shape index (κ1) is 23.7. The highest BCUT2D eigenvalue weighted by Gasteiger charge is 2.29. The van der Waals surface area contributed by atoms with Crippen LogP contribution in [0.25, 0.3) is 0 Å². The summed E-state index contributed by atoms with van der Waals surface area (Å²) in [6, 6.07) is 10.5. The van der Waals surface area contributed by atoms with Crippen molar-refractivity contribution in [2.75, 3.05) is 32.8 Å². The number of rotatable bonds is 8. The Morgan fingerprint density at radius 1 is 1.12 bits per heavy atom. The number of carbonyl (C=O) groups is 3. The molecule has 2 aromatic carbocycles. The number of ketones is 1. The molecule has 1 fully saturated rings. The van der Waals surface area contributed by atoms with Crippen LogP contribution in [0.2, 0.25) is 5.02 Å². The molecule has 3 N–H and O–H groups in total. The number of ether oxygens (including phenoxy) is 1. The summed E-state index contributed by atoms with van der Waals surface area (Å²) in [6.45, 7) is 1.07. The van der Waals surface area contributed by atoms with Crippen molar-refractivity contribution in [2.24, 2.45) is 11.7 Å². The maximum atomic E-state index is 13.9. The van der Waals surface area contributed by atoms with Gasteiger partial charge >= 0.3 is 0 Å². The number of carbonyl (C=O) groups excluding carboxylic acids is 3. The van der Waals surface area contributed by atoms with Gasteiger partial charge in [-0.2, -0.15) is 0 Å². The number of amides is 2. The highest BCUT2D eigenvalue weighted by molar-refractivity contribution is 6.31. The minimum atomic E-state index is -0.529. The molecule has 170 valence electrons. The van der Waals surface area contributed by atoms with Gasteiger partial charge < -0.3 is 20.7 Å². The van der Waals surface area contributed by atoms with E-state index in [-0.39, 0.29) is 47.6 Å². The van der Waals surface area contributed by atoms with Crippen molar-refractivity contribution in [1.82, 2.24) is 10.2 Å². The Labute approximate surface area is 190 Å². The molecule has 2 amide bonds. The number of nitrogens with zero attached hydrogens (tertiary/aromatic N) is 1. The summed E-state index contributed by atoms with van der Waals surface area (Å²) >= 11 is 5.99. The lowest BCUT2D eigenvalue weighted by molar-refractivity contribution is -0.134. The number of hydrogen-bond donors (Lipinski definition) is 2. The third kappa shape index (κ3) is 5.83. The molecule has 1 heterocycles. The normalized spacial score (nSPS) is 14.2. The first-order valence-corrected chi connectivity index (χ1v) is 10.8. The van der Waals surface area contributed by atoms with Crippen LogP contribution in [0.1, 0.15) is 33.6 Å². The summed E-state index contributed by atoms with van der Waals surface area (Å²) in [4.78, 5) is 39.1. The summed E-state index contributed by atoms with van der Waals surface area (Å²) < 4.78 is 19.5. The van der Waals surface area contributed by atoms with E-state index in [2.05, 4.69) is 5.32 Å². The smallest absolute Gasteiger partial charge is 0.260 e. The third-order valence-corrected chi connectivity index (χ3v) is 5.56. The van der Waals surface area contributed by atoms with Gasteiger partial charge in [-0.1, -0.05) is 23.7 Å². The number of halogens is 2. The van der Waals surface area contributed by atoms with Crippen molar-refractivity contribution in [3.05, 3.63) is 64.4 Å². The Morgan fingerprint density at radius 3 is 2.53 bits per heavy atom. The quantitative estimate of drug-likeness (QED) is 0.588. The van der Waals surface area contributed by atoms with Gasteiger partial charge in [-0.25, -0.2) is 4.39 Å². The second kappa shape index (κ2) is 11.1. The molecule has 2 aromatic rings. The molecular formula is C23H25ClFN3O4. The summed E-state index contributed by atoms with van der Waals surface area (Å²) in [5.74, 6) is -1.51. The standard InChI is InChI=1S/C23H25ClFN3O4/c24-16-5-6-20(18(13-16)23(31)27-10-9-26)32-14-21(29)28-11-7-15(8-12-28)22(30)17-3-1-2-4-19(17)25/h1-6,13,15H,7-12,14,26H2,(H,27,31). The number of Topliss-reactive ketones (excluding diaryl/α,β-unsaturated/α-hetero) is 1. The van der Waals surface area contributed by atoms with Gasteiger partial charge in [-0.05, 0) is 43.2 Å².